The molecule has 1 aromatic carbocycles. The molecule has 0 bridgehead atoms. The average Bonchev–Trinajstić information content (AvgIpc) is 2.76. The monoisotopic (exact) mass is 297 g/mol. The molecule has 6 nitrogen and oxygen atoms in total. The lowest BCUT2D eigenvalue weighted by molar-refractivity contribution is -0.387. The Balaban J connectivity index is 2.54. The lowest BCUT2D eigenvalue weighted by atomic mass is 10.2. The molecule has 0 unspecified atom stereocenters. The summed E-state index contributed by atoms with van der Waals surface area (Å²) < 4.78 is 18.5. The van der Waals surface area contributed by atoms with Crippen LogP contribution in [0.5, 0.6) is 0 Å². The van der Waals surface area contributed by atoms with Crippen molar-refractivity contribution in [2.45, 2.75) is 16.7 Å². The molecule has 0 atom stereocenters. The average molecular weight is 297 g/mol. The molecule has 1 aromatic heterocycles. The number of halogens is 1. The number of rotatable bonds is 4. The van der Waals surface area contributed by atoms with Crippen molar-refractivity contribution < 1.29 is 23.6 Å². The van der Waals surface area contributed by atoms with Crippen LogP contribution in [-0.2, 0) is 0 Å². The fourth-order valence-electron chi connectivity index (χ4n) is 1.53. The Morgan fingerprint density at radius 2 is 2.15 bits per heavy atom. The minimum absolute atomic E-state index is 0.0401. The number of nitro groups is 1. The second-order valence-electron chi connectivity index (χ2n) is 3.81. The Morgan fingerprint density at radius 3 is 2.65 bits per heavy atom. The van der Waals surface area contributed by atoms with Gasteiger partial charge in [-0.3, -0.25) is 10.1 Å². The Labute approximate surface area is 116 Å². The van der Waals surface area contributed by atoms with E-state index < -0.39 is 28.0 Å². The van der Waals surface area contributed by atoms with Crippen LogP contribution in [-0.4, -0.2) is 16.0 Å². The fourth-order valence-corrected chi connectivity index (χ4v) is 2.50. The third-order valence-corrected chi connectivity index (χ3v) is 3.70. The van der Waals surface area contributed by atoms with Crippen LogP contribution in [0.2, 0.25) is 0 Å². The predicted molar refractivity (Wildman–Crippen MR) is 67.6 cm³/mol. The molecule has 1 N–H and O–H groups in total. The summed E-state index contributed by atoms with van der Waals surface area (Å²) in [7, 11) is 0. The Kier molecular flexibility index (Phi) is 3.75. The summed E-state index contributed by atoms with van der Waals surface area (Å²) in [5, 5.41) is 19.8. The number of nitrogens with zero attached hydrogens (tertiary/aromatic N) is 1. The van der Waals surface area contributed by atoms with Gasteiger partial charge in [-0.2, -0.15) is 0 Å². The van der Waals surface area contributed by atoms with Gasteiger partial charge in [-0.05, 0) is 19.1 Å². The zero-order valence-electron chi connectivity index (χ0n) is 10.1. The van der Waals surface area contributed by atoms with Gasteiger partial charge in [-0.15, -0.1) is 0 Å². The molecule has 20 heavy (non-hydrogen) atoms. The first-order valence-electron chi connectivity index (χ1n) is 5.33. The number of carbonyl (C=O) groups is 1. The molecule has 1 heterocycles. The second-order valence-corrected chi connectivity index (χ2v) is 4.89. The number of hydrogen-bond donors (Lipinski definition) is 1. The quantitative estimate of drug-likeness (QED) is 0.685. The molecule has 8 heteroatoms. The van der Waals surface area contributed by atoms with Crippen molar-refractivity contribution in [2.75, 3.05) is 0 Å². The van der Waals surface area contributed by atoms with Gasteiger partial charge in [0.1, 0.15) is 11.6 Å². The molecule has 2 rings (SSSR count). The zero-order valence-corrected chi connectivity index (χ0v) is 10.9. The largest absolute Gasteiger partial charge is 0.478 e. The zero-order chi connectivity index (χ0) is 14.9. The fraction of sp³-hybridized carbons (Fsp3) is 0.0833. The van der Waals surface area contributed by atoms with E-state index >= 15 is 0 Å². The highest BCUT2D eigenvalue weighted by Crippen LogP contribution is 2.38. The van der Waals surface area contributed by atoms with Crippen LogP contribution in [0.3, 0.4) is 0 Å². The van der Waals surface area contributed by atoms with E-state index in [0.29, 0.717) is 16.7 Å². The maximum atomic E-state index is 13.5. The number of furan rings is 1. The van der Waals surface area contributed by atoms with E-state index in [0.717, 1.165) is 17.8 Å². The molecule has 2 aromatic rings. The van der Waals surface area contributed by atoms with Gasteiger partial charge in [0.15, 0.2) is 0 Å². The van der Waals surface area contributed by atoms with Gasteiger partial charge in [0.2, 0.25) is 0 Å². The summed E-state index contributed by atoms with van der Waals surface area (Å²) in [6.07, 6.45) is 1.41. The molecule has 0 spiro atoms. The lowest BCUT2D eigenvalue weighted by Crippen LogP contribution is -2.03. The molecule has 0 aliphatic heterocycles. The van der Waals surface area contributed by atoms with Gasteiger partial charge < -0.3 is 9.52 Å². The number of benzene rings is 1. The van der Waals surface area contributed by atoms with Crippen LogP contribution in [0.25, 0.3) is 0 Å². The van der Waals surface area contributed by atoms with Crippen LogP contribution in [0.4, 0.5) is 10.1 Å². The van der Waals surface area contributed by atoms with Gasteiger partial charge in [0.05, 0.1) is 32.6 Å². The van der Waals surface area contributed by atoms with Crippen molar-refractivity contribution in [2.24, 2.45) is 0 Å². The van der Waals surface area contributed by atoms with E-state index in [2.05, 4.69) is 0 Å². The van der Waals surface area contributed by atoms with Crippen LogP contribution in [0.1, 0.15) is 16.1 Å². The molecular weight excluding hydrogens is 289 g/mol. The van der Waals surface area contributed by atoms with Crippen molar-refractivity contribution >= 4 is 23.4 Å². The highest BCUT2D eigenvalue weighted by atomic mass is 32.2. The molecule has 104 valence electrons. The standard InChI is InChI=1S/C12H8FNO5S/c1-6-10(2-3-19-6)20-11-4-7(12(15)16)8(13)5-9(11)14(17)18/h2-5H,1H3,(H,15,16). The van der Waals surface area contributed by atoms with E-state index in [1.54, 1.807) is 13.0 Å². The van der Waals surface area contributed by atoms with Crippen molar-refractivity contribution in [1.82, 2.24) is 0 Å². The number of aryl methyl sites for hydroxylation is 1. The van der Waals surface area contributed by atoms with Gasteiger partial charge in [0.25, 0.3) is 5.69 Å². The number of aromatic carboxylic acids is 1. The minimum atomic E-state index is -1.48. The Morgan fingerprint density at radius 1 is 1.45 bits per heavy atom. The number of hydrogen-bond acceptors (Lipinski definition) is 5. The molecule has 0 amide bonds. The first-order chi connectivity index (χ1) is 9.40. The van der Waals surface area contributed by atoms with Crippen LogP contribution >= 0.6 is 11.8 Å². The molecule has 0 saturated heterocycles. The SMILES string of the molecule is Cc1occc1Sc1cc(C(=O)O)c(F)cc1[N+](=O)[O-]. The van der Waals surface area contributed by atoms with E-state index in [-0.39, 0.29) is 4.90 Å². The Bertz CT molecular complexity index is 697. The van der Waals surface area contributed by atoms with Crippen molar-refractivity contribution in [3.63, 3.8) is 0 Å². The van der Waals surface area contributed by atoms with Gasteiger partial charge in [-0.25, -0.2) is 9.18 Å². The van der Waals surface area contributed by atoms with Crippen molar-refractivity contribution in [3.05, 3.63) is 51.7 Å². The maximum Gasteiger partial charge on any atom is 0.338 e. The van der Waals surface area contributed by atoms with Crippen LogP contribution in [0.15, 0.2) is 38.7 Å². The molecule has 0 aliphatic carbocycles. The highest BCUT2D eigenvalue weighted by molar-refractivity contribution is 7.99. The normalized spacial score (nSPS) is 10.5. The first-order valence-corrected chi connectivity index (χ1v) is 6.15. The van der Waals surface area contributed by atoms with E-state index in [4.69, 9.17) is 9.52 Å². The lowest BCUT2D eigenvalue weighted by Gasteiger charge is -2.04. The van der Waals surface area contributed by atoms with Crippen molar-refractivity contribution in [3.8, 4) is 0 Å². The Hall–Kier alpha value is -2.35. The molecule has 0 fully saturated rings. The maximum absolute atomic E-state index is 13.5. The number of carboxylic acids is 1. The summed E-state index contributed by atoms with van der Waals surface area (Å²) >= 11 is 0.951. The molecular formula is C12H8FNO5S. The molecule has 0 saturated carbocycles. The summed E-state index contributed by atoms with van der Waals surface area (Å²) in [6.45, 7) is 1.66. The minimum Gasteiger partial charge on any atom is -0.478 e. The van der Waals surface area contributed by atoms with E-state index in [9.17, 15) is 19.3 Å². The predicted octanol–water partition coefficient (Wildman–Crippen LogP) is 3.48. The highest BCUT2D eigenvalue weighted by Gasteiger charge is 2.23. The van der Waals surface area contributed by atoms with Gasteiger partial charge >= 0.3 is 5.97 Å². The van der Waals surface area contributed by atoms with Crippen molar-refractivity contribution in [1.29, 1.82) is 0 Å². The number of carboxylic acid groups (broad SMARTS) is 1. The third kappa shape index (κ3) is 2.64. The molecule has 0 aliphatic rings. The number of nitro benzene ring substituents is 1. The van der Waals surface area contributed by atoms with Crippen LogP contribution in [0, 0.1) is 22.9 Å². The summed E-state index contributed by atoms with van der Waals surface area (Å²) in [4.78, 5) is 21.7. The van der Waals surface area contributed by atoms with E-state index in [1.165, 1.54) is 6.26 Å². The smallest absolute Gasteiger partial charge is 0.338 e. The topological polar surface area (TPSA) is 93.6 Å². The van der Waals surface area contributed by atoms with E-state index in [1.807, 2.05) is 0 Å². The second kappa shape index (κ2) is 5.33. The van der Waals surface area contributed by atoms with Crippen LogP contribution < -0.4 is 0 Å². The van der Waals surface area contributed by atoms with Gasteiger partial charge in [0, 0.05) is 0 Å². The summed E-state index contributed by atoms with van der Waals surface area (Å²) in [6, 6.07) is 3.15. The van der Waals surface area contributed by atoms with Gasteiger partial charge in [-0.1, -0.05) is 11.8 Å². The molecule has 0 radical (unpaired) electrons. The summed E-state index contributed by atoms with van der Waals surface area (Å²) in [5.74, 6) is -2.09. The first kappa shape index (κ1) is 14.1. The third-order valence-electron chi connectivity index (χ3n) is 2.51. The summed E-state index contributed by atoms with van der Waals surface area (Å²) in [5.41, 5.74) is -1.10.